The molecule has 0 saturated heterocycles. The molecular weight excluding hydrogens is 408 g/mol. The molecule has 0 radical (unpaired) electrons. The van der Waals surface area contributed by atoms with Crippen LogP contribution in [-0.4, -0.2) is 27.7 Å². The van der Waals surface area contributed by atoms with Crippen LogP contribution in [0.25, 0.3) is 0 Å². The van der Waals surface area contributed by atoms with E-state index in [1.165, 1.54) is 17.8 Å². The lowest BCUT2D eigenvalue weighted by Gasteiger charge is -2.29. The fourth-order valence-corrected chi connectivity index (χ4v) is 4.00. The van der Waals surface area contributed by atoms with E-state index in [4.69, 9.17) is 0 Å². The van der Waals surface area contributed by atoms with Crippen molar-refractivity contribution in [2.24, 2.45) is 0 Å². The molecule has 0 aliphatic rings. The maximum atomic E-state index is 12.4. The number of H-pyrrole nitrogens is 1. The minimum absolute atomic E-state index is 0.148. The molecule has 3 rings (SSSR count). The van der Waals surface area contributed by atoms with E-state index < -0.39 is 0 Å². The summed E-state index contributed by atoms with van der Waals surface area (Å²) in [5, 5.41) is 3.37. The van der Waals surface area contributed by atoms with Gasteiger partial charge >= 0.3 is 0 Å². The first-order valence-electron chi connectivity index (χ1n) is 10.4. The molecule has 0 aliphatic heterocycles. The fraction of sp³-hybridized carbons (Fsp3) is 0.292. The quantitative estimate of drug-likeness (QED) is 0.365. The topological polar surface area (TPSA) is 78.1 Å². The van der Waals surface area contributed by atoms with Crippen LogP contribution in [0.3, 0.4) is 0 Å². The van der Waals surface area contributed by atoms with Crippen molar-refractivity contribution in [1.82, 2.24) is 9.97 Å². The standard InChI is InChI=1S/C24H28N4O2S/c1-4-8-19-15-22(29)27-24(26-19)31-16-23(30)25-18-11-13-21(14-12-18)28(17(2)3)20-9-6-5-7-10-20/h5-7,9-15,17H,4,8,16H2,1-3H3,(H,25,30)(H,26,27,29). The molecular formula is C24H28N4O2S. The van der Waals surface area contributed by atoms with Crippen molar-refractivity contribution < 1.29 is 4.79 Å². The number of nitrogens with zero attached hydrogens (tertiary/aromatic N) is 2. The van der Waals surface area contributed by atoms with Crippen LogP contribution in [0.5, 0.6) is 0 Å². The minimum atomic E-state index is -0.190. The number of hydrogen-bond donors (Lipinski definition) is 2. The molecule has 2 aromatic carbocycles. The Morgan fingerprint density at radius 2 is 1.77 bits per heavy atom. The third-order valence-electron chi connectivity index (χ3n) is 4.60. The van der Waals surface area contributed by atoms with E-state index in [1.807, 2.05) is 49.4 Å². The first-order valence-corrected chi connectivity index (χ1v) is 11.4. The number of nitrogens with one attached hydrogen (secondary N) is 2. The Bertz CT molecular complexity index is 1050. The summed E-state index contributed by atoms with van der Waals surface area (Å²) >= 11 is 1.22. The van der Waals surface area contributed by atoms with E-state index in [0.29, 0.717) is 5.16 Å². The predicted octanol–water partition coefficient (Wildman–Crippen LogP) is 5.00. The number of hydrogen-bond acceptors (Lipinski definition) is 5. The van der Waals surface area contributed by atoms with Crippen molar-refractivity contribution in [3.63, 3.8) is 0 Å². The Labute approximate surface area is 187 Å². The van der Waals surface area contributed by atoms with Gasteiger partial charge in [0.05, 0.1) is 5.75 Å². The Hall–Kier alpha value is -3.06. The van der Waals surface area contributed by atoms with E-state index in [9.17, 15) is 9.59 Å². The lowest BCUT2D eigenvalue weighted by molar-refractivity contribution is -0.113. The normalized spacial score (nSPS) is 10.8. The second-order valence-electron chi connectivity index (χ2n) is 7.47. The summed E-state index contributed by atoms with van der Waals surface area (Å²) in [7, 11) is 0. The van der Waals surface area contributed by atoms with E-state index in [-0.39, 0.29) is 23.3 Å². The summed E-state index contributed by atoms with van der Waals surface area (Å²) < 4.78 is 0. The summed E-state index contributed by atoms with van der Waals surface area (Å²) in [6.45, 7) is 6.33. The van der Waals surface area contributed by atoms with Crippen molar-refractivity contribution >= 4 is 34.7 Å². The van der Waals surface area contributed by atoms with Crippen molar-refractivity contribution in [2.45, 2.75) is 44.8 Å². The van der Waals surface area contributed by atoms with E-state index in [1.54, 1.807) is 0 Å². The second-order valence-corrected chi connectivity index (χ2v) is 8.44. The minimum Gasteiger partial charge on any atom is -0.339 e. The van der Waals surface area contributed by atoms with Crippen molar-refractivity contribution in [2.75, 3.05) is 16.0 Å². The van der Waals surface area contributed by atoms with Crippen LogP contribution < -0.4 is 15.8 Å². The van der Waals surface area contributed by atoms with E-state index in [2.05, 4.69) is 46.2 Å². The first-order chi connectivity index (χ1) is 15.0. The number of carbonyl (C=O) groups is 1. The lowest BCUT2D eigenvalue weighted by atomic mass is 10.2. The highest BCUT2D eigenvalue weighted by molar-refractivity contribution is 7.99. The van der Waals surface area contributed by atoms with Gasteiger partial charge in [-0.15, -0.1) is 0 Å². The molecule has 0 aliphatic carbocycles. The van der Waals surface area contributed by atoms with Gasteiger partial charge in [-0.05, 0) is 56.7 Å². The molecule has 31 heavy (non-hydrogen) atoms. The first kappa shape index (κ1) is 22.6. The number of thioether (sulfide) groups is 1. The number of aromatic nitrogens is 2. The van der Waals surface area contributed by atoms with Gasteiger partial charge in [-0.2, -0.15) is 0 Å². The molecule has 6 nitrogen and oxygen atoms in total. The number of anilines is 3. The van der Waals surface area contributed by atoms with Crippen LogP contribution in [0.1, 0.15) is 32.9 Å². The molecule has 0 bridgehead atoms. The summed E-state index contributed by atoms with van der Waals surface area (Å²) in [6.07, 6.45) is 1.65. The number of benzene rings is 2. The van der Waals surface area contributed by atoms with Gasteiger partial charge in [0.15, 0.2) is 5.16 Å². The molecule has 0 atom stereocenters. The summed E-state index contributed by atoms with van der Waals surface area (Å²) in [6, 6.07) is 19.8. The zero-order valence-electron chi connectivity index (χ0n) is 18.1. The maximum Gasteiger partial charge on any atom is 0.251 e. The fourth-order valence-electron chi connectivity index (χ4n) is 3.31. The number of rotatable bonds is 9. The molecule has 0 saturated carbocycles. The molecule has 162 valence electrons. The number of aryl methyl sites for hydroxylation is 1. The Morgan fingerprint density at radius 1 is 1.10 bits per heavy atom. The van der Waals surface area contributed by atoms with Crippen LogP contribution >= 0.6 is 11.8 Å². The maximum absolute atomic E-state index is 12.4. The zero-order chi connectivity index (χ0) is 22.2. The smallest absolute Gasteiger partial charge is 0.251 e. The highest BCUT2D eigenvalue weighted by Gasteiger charge is 2.13. The third kappa shape index (κ3) is 6.46. The Morgan fingerprint density at radius 3 is 2.42 bits per heavy atom. The molecule has 0 unspecified atom stereocenters. The molecule has 0 spiro atoms. The molecule has 7 heteroatoms. The lowest BCUT2D eigenvalue weighted by Crippen LogP contribution is -2.25. The van der Waals surface area contributed by atoms with Gasteiger partial charge in [-0.3, -0.25) is 9.59 Å². The largest absolute Gasteiger partial charge is 0.339 e. The Kier molecular flexibility index (Phi) is 7.89. The molecule has 2 N–H and O–H groups in total. The highest BCUT2D eigenvalue weighted by atomic mass is 32.2. The van der Waals surface area contributed by atoms with Crippen molar-refractivity contribution in [1.29, 1.82) is 0 Å². The predicted molar refractivity (Wildman–Crippen MR) is 128 cm³/mol. The molecule has 3 aromatic rings. The van der Waals surface area contributed by atoms with Crippen LogP contribution in [0.15, 0.2) is 70.6 Å². The van der Waals surface area contributed by atoms with Gasteiger partial charge in [0.2, 0.25) is 5.91 Å². The number of amides is 1. The van der Waals surface area contributed by atoms with Gasteiger partial charge < -0.3 is 15.2 Å². The monoisotopic (exact) mass is 436 g/mol. The molecule has 0 fully saturated rings. The van der Waals surface area contributed by atoms with Crippen molar-refractivity contribution in [3.8, 4) is 0 Å². The van der Waals surface area contributed by atoms with Gasteiger partial charge in [0, 0.05) is 34.9 Å². The molecule has 1 amide bonds. The Balaban J connectivity index is 1.62. The third-order valence-corrected chi connectivity index (χ3v) is 5.47. The van der Waals surface area contributed by atoms with Gasteiger partial charge in [-0.25, -0.2) is 4.98 Å². The van der Waals surface area contributed by atoms with Crippen LogP contribution in [-0.2, 0) is 11.2 Å². The summed E-state index contributed by atoms with van der Waals surface area (Å²) in [4.78, 5) is 33.4. The van der Waals surface area contributed by atoms with Gasteiger partial charge in [0.1, 0.15) is 0 Å². The molecule has 1 aromatic heterocycles. The highest BCUT2D eigenvalue weighted by Crippen LogP contribution is 2.28. The van der Waals surface area contributed by atoms with Gasteiger partial charge in [-0.1, -0.05) is 43.3 Å². The SMILES string of the molecule is CCCc1cc(=O)[nH]c(SCC(=O)Nc2ccc(N(c3ccccc3)C(C)C)cc2)n1. The molecule has 1 heterocycles. The van der Waals surface area contributed by atoms with Crippen LogP contribution in [0.4, 0.5) is 17.1 Å². The number of carbonyl (C=O) groups excluding carboxylic acids is 1. The number of aromatic amines is 1. The average Bonchev–Trinajstić information content (AvgIpc) is 2.74. The van der Waals surface area contributed by atoms with E-state index >= 15 is 0 Å². The van der Waals surface area contributed by atoms with Crippen LogP contribution in [0, 0.1) is 0 Å². The van der Waals surface area contributed by atoms with Gasteiger partial charge in [0.25, 0.3) is 5.56 Å². The summed E-state index contributed by atoms with van der Waals surface area (Å²) in [5.41, 5.74) is 3.47. The summed E-state index contributed by atoms with van der Waals surface area (Å²) in [5.74, 6) is 0.0210. The zero-order valence-corrected chi connectivity index (χ0v) is 18.9. The average molecular weight is 437 g/mol. The van der Waals surface area contributed by atoms with E-state index in [0.717, 1.165) is 35.6 Å². The van der Waals surface area contributed by atoms with Crippen LogP contribution in [0.2, 0.25) is 0 Å². The van der Waals surface area contributed by atoms with Crippen molar-refractivity contribution in [3.05, 3.63) is 76.7 Å². The number of para-hydroxylation sites is 1. The second kappa shape index (κ2) is 10.8.